The van der Waals surface area contributed by atoms with Crippen LogP contribution in [0.5, 0.6) is 0 Å². The highest BCUT2D eigenvalue weighted by molar-refractivity contribution is 4.67. The molecule has 4 nitrogen and oxygen atoms in total. The molecule has 0 radical (unpaired) electrons. The molecule has 0 aliphatic carbocycles. The maximum atomic E-state index is 2.49. The van der Waals surface area contributed by atoms with Crippen molar-refractivity contribution in [1.82, 2.24) is 19.6 Å². The third kappa shape index (κ3) is 12.4. The van der Waals surface area contributed by atoms with Crippen LogP contribution in [-0.2, 0) is 0 Å². The quantitative estimate of drug-likeness (QED) is 0.775. The fraction of sp³-hybridized carbons (Fsp3) is 1.00. The van der Waals surface area contributed by atoms with Crippen LogP contribution in [0.3, 0.4) is 0 Å². The summed E-state index contributed by atoms with van der Waals surface area (Å²) in [4.78, 5) is 9.73. The molecule has 2 saturated heterocycles. The molecule has 0 N–H and O–H groups in total. The molecule has 0 bridgehead atoms. The van der Waals surface area contributed by atoms with E-state index in [1.54, 1.807) is 0 Å². The minimum Gasteiger partial charge on any atom is -0.304 e. The van der Waals surface area contributed by atoms with Gasteiger partial charge >= 0.3 is 0 Å². The monoisotopic (exact) mass is 320 g/mol. The lowest BCUT2D eigenvalue weighted by Gasteiger charge is -2.31. The molecule has 2 fully saturated rings. The molecule has 4 heteroatoms. The highest BCUT2D eigenvalue weighted by Gasteiger charge is 2.11. The third-order valence-corrected chi connectivity index (χ3v) is 4.09. The maximum Gasteiger partial charge on any atom is 0.0110 e. The molecule has 2 aliphatic rings. The molecule has 0 unspecified atom stereocenters. The summed E-state index contributed by atoms with van der Waals surface area (Å²) in [7, 11) is 4.38. The average molecular weight is 321 g/mol. The molecule has 0 saturated carbocycles. The number of likely N-dealkylation sites (N-methyl/N-ethyl adjacent to an activating group) is 4. The van der Waals surface area contributed by atoms with Crippen LogP contribution in [-0.4, -0.2) is 99.1 Å². The lowest BCUT2D eigenvalue weighted by Crippen LogP contribution is -2.44. The van der Waals surface area contributed by atoms with E-state index in [2.05, 4.69) is 47.5 Å². The summed E-state index contributed by atoms with van der Waals surface area (Å²) in [5, 5.41) is 0. The topological polar surface area (TPSA) is 13.0 Å². The fourth-order valence-electron chi connectivity index (χ4n) is 2.33. The van der Waals surface area contributed by atoms with Crippen LogP contribution in [0.4, 0.5) is 0 Å². The Morgan fingerprint density at radius 1 is 0.500 bits per heavy atom. The Morgan fingerprint density at radius 2 is 0.727 bits per heavy atom. The highest BCUT2D eigenvalue weighted by Crippen LogP contribution is 1.97. The molecule has 0 atom stereocenters. The van der Waals surface area contributed by atoms with Gasteiger partial charge in [-0.25, -0.2) is 0 Å². The second kappa shape index (κ2) is 17.2. The van der Waals surface area contributed by atoms with Gasteiger partial charge in [0.1, 0.15) is 0 Å². The molecule has 22 heavy (non-hydrogen) atoms. The van der Waals surface area contributed by atoms with E-state index in [1.165, 1.54) is 65.4 Å². The lowest BCUT2D eigenvalue weighted by molar-refractivity contribution is 0.160. The first-order valence-corrected chi connectivity index (χ1v) is 7.47. The molecule has 0 aromatic rings. The zero-order valence-electron chi connectivity index (χ0n) is 12.9. The predicted molar refractivity (Wildman–Crippen MR) is 106 cm³/mol. The first-order valence-electron chi connectivity index (χ1n) is 7.47. The van der Waals surface area contributed by atoms with E-state index < -0.39 is 0 Å². The molecule has 0 aromatic heterocycles. The molecule has 140 valence electrons. The van der Waals surface area contributed by atoms with Crippen LogP contribution in [0.2, 0.25) is 0 Å². The summed E-state index contributed by atoms with van der Waals surface area (Å²) in [6.07, 6.45) is 0. The zero-order valence-corrected chi connectivity index (χ0v) is 12.9. The smallest absolute Gasteiger partial charge is 0.0110 e. The third-order valence-electron chi connectivity index (χ3n) is 4.09. The van der Waals surface area contributed by atoms with Gasteiger partial charge < -0.3 is 19.6 Å². The first-order chi connectivity index (χ1) is 8.65. The number of nitrogens with zero attached hydrogens (tertiary/aromatic N) is 4. The summed E-state index contributed by atoms with van der Waals surface area (Å²) in [6.45, 7) is 16.9. The molecule has 0 aromatic carbocycles. The number of hydrogen-bond donors (Lipinski definition) is 0. The summed E-state index contributed by atoms with van der Waals surface area (Å²) < 4.78 is 0. The molecule has 0 spiro atoms. The van der Waals surface area contributed by atoms with Crippen LogP contribution in [0, 0.1) is 0 Å². The summed E-state index contributed by atoms with van der Waals surface area (Å²) >= 11 is 0. The Labute approximate surface area is 143 Å². The fourth-order valence-corrected chi connectivity index (χ4v) is 2.33. The van der Waals surface area contributed by atoms with Crippen LogP contribution in [0.15, 0.2) is 0 Å². The first kappa shape index (κ1) is 29.8. The second-order valence-electron chi connectivity index (χ2n) is 5.48. The van der Waals surface area contributed by atoms with E-state index in [0.717, 1.165) is 0 Å². The normalized spacial score (nSPS) is 20.2. The van der Waals surface area contributed by atoms with Gasteiger partial charge in [-0.15, -0.1) is 0 Å². The lowest BCUT2D eigenvalue weighted by atomic mass is 10.3. The van der Waals surface area contributed by atoms with Crippen molar-refractivity contribution in [1.29, 1.82) is 0 Å². The van der Waals surface area contributed by atoms with Gasteiger partial charge in [-0.2, -0.15) is 0 Å². The zero-order chi connectivity index (χ0) is 13.4. The van der Waals surface area contributed by atoms with Gasteiger partial charge in [0.2, 0.25) is 0 Å². The molecular formula is C18H48N4. The Kier molecular flexibility index (Phi) is 23.3. The summed E-state index contributed by atoms with van der Waals surface area (Å²) in [6, 6.07) is 0. The van der Waals surface area contributed by atoms with Gasteiger partial charge in [0.25, 0.3) is 0 Å². The van der Waals surface area contributed by atoms with Gasteiger partial charge in [-0.1, -0.05) is 43.6 Å². The predicted octanol–water partition coefficient (Wildman–Crippen LogP) is 3.05. The van der Waals surface area contributed by atoms with Gasteiger partial charge in [-0.3, -0.25) is 0 Å². The standard InChI is InChI=1S/2C7H16N2.4CH4/c2*1-3-9-6-4-8(2)5-7-9;;;;/h2*3-7H2,1-2H3;4*1H4. The van der Waals surface area contributed by atoms with Crippen molar-refractivity contribution in [3.8, 4) is 0 Å². The van der Waals surface area contributed by atoms with E-state index in [-0.39, 0.29) is 29.7 Å². The minimum atomic E-state index is 0. The summed E-state index contributed by atoms with van der Waals surface area (Å²) in [5.41, 5.74) is 0. The van der Waals surface area contributed by atoms with Gasteiger partial charge in [0, 0.05) is 52.4 Å². The van der Waals surface area contributed by atoms with Gasteiger partial charge in [0.15, 0.2) is 0 Å². The van der Waals surface area contributed by atoms with Crippen molar-refractivity contribution in [2.75, 3.05) is 79.5 Å². The molecule has 2 rings (SSSR count). The number of rotatable bonds is 2. The second-order valence-corrected chi connectivity index (χ2v) is 5.48. The number of piperazine rings is 2. The van der Waals surface area contributed by atoms with Crippen molar-refractivity contribution >= 4 is 0 Å². The van der Waals surface area contributed by atoms with E-state index >= 15 is 0 Å². The van der Waals surface area contributed by atoms with Crippen LogP contribution < -0.4 is 0 Å². The van der Waals surface area contributed by atoms with E-state index in [0.29, 0.717) is 0 Å². The minimum absolute atomic E-state index is 0. The largest absolute Gasteiger partial charge is 0.304 e. The van der Waals surface area contributed by atoms with Crippen molar-refractivity contribution in [3.05, 3.63) is 0 Å². The van der Waals surface area contributed by atoms with Crippen LogP contribution in [0.1, 0.15) is 43.6 Å². The van der Waals surface area contributed by atoms with E-state index in [9.17, 15) is 0 Å². The Morgan fingerprint density at radius 3 is 0.909 bits per heavy atom. The molecule has 2 aliphatic heterocycles. The summed E-state index contributed by atoms with van der Waals surface area (Å²) in [5.74, 6) is 0. The van der Waals surface area contributed by atoms with Crippen molar-refractivity contribution in [2.45, 2.75) is 43.6 Å². The highest BCUT2D eigenvalue weighted by atomic mass is 15.2. The SMILES string of the molecule is C.C.C.C.CCN1CCN(C)CC1.CCN1CCN(C)CC1. The number of hydrogen-bond acceptors (Lipinski definition) is 4. The van der Waals surface area contributed by atoms with Crippen LogP contribution >= 0.6 is 0 Å². The van der Waals surface area contributed by atoms with Crippen molar-refractivity contribution in [2.24, 2.45) is 0 Å². The van der Waals surface area contributed by atoms with Gasteiger partial charge in [-0.05, 0) is 27.2 Å². The average Bonchev–Trinajstić information content (AvgIpc) is 2.41. The maximum absolute atomic E-state index is 2.49. The van der Waals surface area contributed by atoms with E-state index in [4.69, 9.17) is 0 Å². The van der Waals surface area contributed by atoms with Gasteiger partial charge in [0.05, 0.1) is 0 Å². The van der Waals surface area contributed by atoms with Crippen molar-refractivity contribution < 1.29 is 0 Å². The molecular weight excluding hydrogens is 272 g/mol. The van der Waals surface area contributed by atoms with Crippen molar-refractivity contribution in [3.63, 3.8) is 0 Å². The molecule has 0 amide bonds. The Hall–Kier alpha value is -0.160. The van der Waals surface area contributed by atoms with E-state index in [1.807, 2.05) is 0 Å². The Balaban J connectivity index is -0.000000125. The Bertz CT molecular complexity index is 173. The molecule has 2 heterocycles. The van der Waals surface area contributed by atoms with Crippen LogP contribution in [0.25, 0.3) is 0 Å².